The first kappa shape index (κ1) is 11.3. The van der Waals surface area contributed by atoms with Crippen LogP contribution in [-0.4, -0.2) is 18.2 Å². The van der Waals surface area contributed by atoms with Gasteiger partial charge in [0.25, 0.3) is 0 Å². The molecule has 1 aliphatic rings. The first-order chi connectivity index (χ1) is 6.72. The van der Waals surface area contributed by atoms with Crippen molar-refractivity contribution in [1.82, 2.24) is 5.32 Å². The molecule has 0 spiro atoms. The van der Waals surface area contributed by atoms with Crippen LogP contribution in [0.25, 0.3) is 0 Å². The molecule has 0 unspecified atom stereocenters. The van der Waals surface area contributed by atoms with Gasteiger partial charge in [0.1, 0.15) is 0 Å². The lowest BCUT2D eigenvalue weighted by Gasteiger charge is -2.36. The molecule has 1 saturated carbocycles. The van der Waals surface area contributed by atoms with Gasteiger partial charge in [-0.25, -0.2) is 4.79 Å². The second-order valence-electron chi connectivity index (χ2n) is 4.04. The smallest absolute Gasteiger partial charge is 0.407 e. The molecular formula is C11H21NO2. The lowest BCUT2D eigenvalue weighted by atomic mass is 9.80. The molecule has 0 saturated heterocycles. The monoisotopic (exact) mass is 199 g/mol. The SMILES string of the molecule is CCOC(=O)NC1(CC)CCCCC1. The Labute approximate surface area is 86.2 Å². The predicted octanol–water partition coefficient (Wildman–Crippen LogP) is 2.85. The zero-order valence-electron chi connectivity index (χ0n) is 9.27. The van der Waals surface area contributed by atoms with Gasteiger partial charge in [-0.2, -0.15) is 0 Å². The van der Waals surface area contributed by atoms with Crippen LogP contribution in [0.1, 0.15) is 52.4 Å². The van der Waals surface area contributed by atoms with Crippen LogP contribution >= 0.6 is 0 Å². The number of carbonyl (C=O) groups is 1. The van der Waals surface area contributed by atoms with Crippen LogP contribution in [0.2, 0.25) is 0 Å². The van der Waals surface area contributed by atoms with E-state index in [4.69, 9.17) is 4.74 Å². The Morgan fingerprint density at radius 1 is 1.29 bits per heavy atom. The highest BCUT2D eigenvalue weighted by Gasteiger charge is 2.31. The molecule has 3 heteroatoms. The van der Waals surface area contributed by atoms with Crippen LogP contribution in [0.3, 0.4) is 0 Å². The molecule has 14 heavy (non-hydrogen) atoms. The van der Waals surface area contributed by atoms with Crippen LogP contribution in [-0.2, 0) is 4.74 Å². The highest BCUT2D eigenvalue weighted by Crippen LogP contribution is 2.30. The van der Waals surface area contributed by atoms with Crippen molar-refractivity contribution < 1.29 is 9.53 Å². The number of carbonyl (C=O) groups excluding carboxylic acids is 1. The van der Waals surface area contributed by atoms with Crippen molar-refractivity contribution in [3.8, 4) is 0 Å². The fourth-order valence-electron chi connectivity index (χ4n) is 2.18. The van der Waals surface area contributed by atoms with Gasteiger partial charge in [0, 0.05) is 5.54 Å². The molecule has 0 aromatic carbocycles. The average Bonchev–Trinajstić information content (AvgIpc) is 2.19. The van der Waals surface area contributed by atoms with Crippen LogP contribution in [0.15, 0.2) is 0 Å². The lowest BCUT2D eigenvalue weighted by molar-refractivity contribution is 0.126. The largest absolute Gasteiger partial charge is 0.450 e. The van der Waals surface area contributed by atoms with Gasteiger partial charge < -0.3 is 10.1 Å². The van der Waals surface area contributed by atoms with E-state index < -0.39 is 0 Å². The summed E-state index contributed by atoms with van der Waals surface area (Å²) in [5.74, 6) is 0. The Morgan fingerprint density at radius 3 is 2.43 bits per heavy atom. The maximum Gasteiger partial charge on any atom is 0.407 e. The van der Waals surface area contributed by atoms with E-state index in [1.807, 2.05) is 6.92 Å². The van der Waals surface area contributed by atoms with Gasteiger partial charge in [0.05, 0.1) is 6.61 Å². The summed E-state index contributed by atoms with van der Waals surface area (Å²) in [5.41, 5.74) is 0.0184. The molecule has 0 radical (unpaired) electrons. The second kappa shape index (κ2) is 5.23. The first-order valence-electron chi connectivity index (χ1n) is 5.67. The number of ether oxygens (including phenoxy) is 1. The zero-order chi connectivity index (χ0) is 10.4. The van der Waals surface area contributed by atoms with E-state index in [2.05, 4.69) is 12.2 Å². The molecule has 82 valence electrons. The molecule has 0 bridgehead atoms. The van der Waals surface area contributed by atoms with Crippen molar-refractivity contribution in [2.24, 2.45) is 0 Å². The summed E-state index contributed by atoms with van der Waals surface area (Å²) in [7, 11) is 0. The zero-order valence-corrected chi connectivity index (χ0v) is 9.27. The Kier molecular flexibility index (Phi) is 4.23. The molecule has 0 aromatic rings. The van der Waals surface area contributed by atoms with E-state index in [0.29, 0.717) is 6.61 Å². The highest BCUT2D eigenvalue weighted by molar-refractivity contribution is 5.68. The molecule has 0 aliphatic heterocycles. The summed E-state index contributed by atoms with van der Waals surface area (Å²) < 4.78 is 4.92. The average molecular weight is 199 g/mol. The quantitative estimate of drug-likeness (QED) is 0.759. The molecule has 0 atom stereocenters. The normalized spacial score (nSPS) is 20.1. The van der Waals surface area contributed by atoms with Gasteiger partial charge in [-0.3, -0.25) is 0 Å². The van der Waals surface area contributed by atoms with Crippen LogP contribution in [0.4, 0.5) is 4.79 Å². The Hall–Kier alpha value is -0.730. The fourth-order valence-corrected chi connectivity index (χ4v) is 2.18. The Morgan fingerprint density at radius 2 is 1.93 bits per heavy atom. The summed E-state index contributed by atoms with van der Waals surface area (Å²) >= 11 is 0. The molecule has 1 amide bonds. The van der Waals surface area contributed by atoms with Crippen LogP contribution in [0, 0.1) is 0 Å². The Bertz CT molecular complexity index is 186. The lowest BCUT2D eigenvalue weighted by Crippen LogP contribution is -2.49. The minimum Gasteiger partial charge on any atom is -0.450 e. The predicted molar refractivity (Wildman–Crippen MR) is 56.3 cm³/mol. The third-order valence-electron chi connectivity index (χ3n) is 3.13. The summed E-state index contributed by atoms with van der Waals surface area (Å²) in [6, 6.07) is 0. The number of hydrogen-bond acceptors (Lipinski definition) is 2. The second-order valence-corrected chi connectivity index (χ2v) is 4.04. The van der Waals surface area contributed by atoms with E-state index in [1.165, 1.54) is 19.3 Å². The van der Waals surface area contributed by atoms with Gasteiger partial charge in [0.15, 0.2) is 0 Å². The maximum absolute atomic E-state index is 11.3. The topological polar surface area (TPSA) is 38.3 Å². The molecule has 1 rings (SSSR count). The summed E-state index contributed by atoms with van der Waals surface area (Å²) in [4.78, 5) is 11.3. The third-order valence-corrected chi connectivity index (χ3v) is 3.13. The van der Waals surface area contributed by atoms with Crippen molar-refractivity contribution in [1.29, 1.82) is 0 Å². The van der Waals surface area contributed by atoms with E-state index in [0.717, 1.165) is 19.3 Å². The summed E-state index contributed by atoms with van der Waals surface area (Å²) in [6.45, 7) is 4.42. The third kappa shape index (κ3) is 2.89. The number of hydrogen-bond donors (Lipinski definition) is 1. The van der Waals surface area contributed by atoms with E-state index in [9.17, 15) is 4.79 Å². The minimum absolute atomic E-state index is 0.0184. The number of amides is 1. The Balaban J connectivity index is 2.47. The molecule has 1 N–H and O–H groups in total. The molecular weight excluding hydrogens is 178 g/mol. The van der Waals surface area contributed by atoms with Gasteiger partial charge in [-0.05, 0) is 26.2 Å². The van der Waals surface area contributed by atoms with Gasteiger partial charge in [0.2, 0.25) is 0 Å². The van der Waals surface area contributed by atoms with Crippen molar-refractivity contribution in [2.75, 3.05) is 6.61 Å². The number of nitrogens with one attached hydrogen (secondary N) is 1. The van der Waals surface area contributed by atoms with Gasteiger partial charge >= 0.3 is 6.09 Å². The highest BCUT2D eigenvalue weighted by atomic mass is 16.5. The molecule has 1 aliphatic carbocycles. The molecule has 0 aromatic heterocycles. The summed E-state index contributed by atoms with van der Waals surface area (Å²) in [6.07, 6.45) is 6.69. The van der Waals surface area contributed by atoms with E-state index >= 15 is 0 Å². The van der Waals surface area contributed by atoms with Crippen molar-refractivity contribution in [3.05, 3.63) is 0 Å². The van der Waals surface area contributed by atoms with Crippen molar-refractivity contribution in [3.63, 3.8) is 0 Å². The fraction of sp³-hybridized carbons (Fsp3) is 0.909. The molecule has 0 heterocycles. The number of rotatable bonds is 3. The molecule has 1 fully saturated rings. The minimum atomic E-state index is -0.253. The van der Waals surface area contributed by atoms with E-state index in [-0.39, 0.29) is 11.6 Å². The van der Waals surface area contributed by atoms with Crippen LogP contribution < -0.4 is 5.32 Å². The van der Waals surface area contributed by atoms with Gasteiger partial charge in [-0.1, -0.05) is 26.2 Å². The van der Waals surface area contributed by atoms with Crippen LogP contribution in [0.5, 0.6) is 0 Å². The van der Waals surface area contributed by atoms with Gasteiger partial charge in [-0.15, -0.1) is 0 Å². The molecule has 3 nitrogen and oxygen atoms in total. The standard InChI is InChI=1S/C11H21NO2/c1-3-11(8-6-5-7-9-11)12-10(13)14-4-2/h3-9H2,1-2H3,(H,12,13). The maximum atomic E-state index is 11.3. The number of alkyl carbamates (subject to hydrolysis) is 1. The first-order valence-corrected chi connectivity index (χ1v) is 5.67. The van der Waals surface area contributed by atoms with Crippen molar-refractivity contribution in [2.45, 2.75) is 57.9 Å². The van der Waals surface area contributed by atoms with E-state index in [1.54, 1.807) is 0 Å². The van der Waals surface area contributed by atoms with Crippen molar-refractivity contribution >= 4 is 6.09 Å². The summed E-state index contributed by atoms with van der Waals surface area (Å²) in [5, 5.41) is 3.02.